The van der Waals surface area contributed by atoms with Gasteiger partial charge in [0.25, 0.3) is 0 Å². The highest BCUT2D eigenvalue weighted by Crippen LogP contribution is 2.42. The van der Waals surface area contributed by atoms with Crippen molar-refractivity contribution in [2.75, 3.05) is 19.6 Å². The minimum Gasteiger partial charge on any atom is -0.440 e. The molecule has 2 aliphatic rings. The number of rotatable bonds is 4. The van der Waals surface area contributed by atoms with Gasteiger partial charge >= 0.3 is 0 Å². The van der Waals surface area contributed by atoms with E-state index < -0.39 is 0 Å². The van der Waals surface area contributed by atoms with Crippen molar-refractivity contribution in [3.8, 4) is 11.8 Å². The van der Waals surface area contributed by atoms with Gasteiger partial charge in [-0.25, -0.2) is 0 Å². The van der Waals surface area contributed by atoms with Crippen LogP contribution in [0.5, 0.6) is 5.75 Å². The Kier molecular flexibility index (Phi) is 5.13. The third-order valence-electron chi connectivity index (χ3n) is 5.58. The summed E-state index contributed by atoms with van der Waals surface area (Å²) >= 11 is 0. The monoisotopic (exact) mass is 359 g/mol. The fourth-order valence-corrected chi connectivity index (χ4v) is 4.12. The fourth-order valence-electron chi connectivity index (χ4n) is 4.12. The van der Waals surface area contributed by atoms with E-state index in [0.717, 1.165) is 29.8 Å². The summed E-state index contributed by atoms with van der Waals surface area (Å²) in [5.41, 5.74) is 9.92. The molecule has 0 radical (unpaired) electrons. The van der Waals surface area contributed by atoms with E-state index in [9.17, 15) is 5.26 Å². The third kappa shape index (κ3) is 3.70. The van der Waals surface area contributed by atoms with Crippen molar-refractivity contribution in [3.05, 3.63) is 76.7 Å². The molecule has 1 atom stereocenters. The predicted octanol–water partition coefficient (Wildman–Crippen LogP) is 3.93. The summed E-state index contributed by atoms with van der Waals surface area (Å²) < 4.78 is 5.76. The Morgan fingerprint density at radius 2 is 1.85 bits per heavy atom. The molecule has 4 nitrogen and oxygen atoms in total. The number of benzene rings is 2. The summed E-state index contributed by atoms with van der Waals surface area (Å²) in [6.07, 6.45) is 4.99. The van der Waals surface area contributed by atoms with Crippen molar-refractivity contribution in [3.63, 3.8) is 0 Å². The lowest BCUT2D eigenvalue weighted by Gasteiger charge is -2.28. The number of nitrogens with zero attached hydrogens (tertiary/aromatic N) is 2. The zero-order chi connectivity index (χ0) is 18.6. The second kappa shape index (κ2) is 7.85. The highest BCUT2D eigenvalue weighted by atomic mass is 16.5. The molecule has 4 rings (SSSR count). The first kappa shape index (κ1) is 17.6. The Balaban J connectivity index is 1.64. The molecule has 2 aromatic rings. The van der Waals surface area contributed by atoms with Crippen LogP contribution in [0.15, 0.2) is 60.0 Å². The van der Waals surface area contributed by atoms with Crippen LogP contribution in [-0.2, 0) is 6.42 Å². The van der Waals surface area contributed by atoms with Gasteiger partial charge in [-0.15, -0.1) is 0 Å². The minimum atomic E-state index is -0.171. The summed E-state index contributed by atoms with van der Waals surface area (Å²) in [6, 6.07) is 18.6. The standard InChI is InChI=1S/C23H25N3O/c24-16-20-22(18-7-3-1-4-8-18)19-15-17(9-10-21(19)27-23(20)25)11-14-26-12-5-2-6-13-26/h1,3-4,7-10,15,22H,2,5-6,11-14,25H2. The molecule has 0 amide bonds. The molecule has 4 heteroatoms. The molecule has 1 unspecified atom stereocenters. The van der Waals surface area contributed by atoms with Gasteiger partial charge in [0.2, 0.25) is 5.88 Å². The molecule has 2 N–H and O–H groups in total. The first-order valence-electron chi connectivity index (χ1n) is 9.74. The van der Waals surface area contributed by atoms with E-state index in [1.165, 1.54) is 37.9 Å². The molecular weight excluding hydrogens is 334 g/mol. The van der Waals surface area contributed by atoms with Crippen molar-refractivity contribution in [2.45, 2.75) is 31.6 Å². The number of piperidine rings is 1. The van der Waals surface area contributed by atoms with E-state index >= 15 is 0 Å². The summed E-state index contributed by atoms with van der Waals surface area (Å²) in [4.78, 5) is 2.55. The van der Waals surface area contributed by atoms with Gasteiger partial charge in [0.15, 0.2) is 0 Å². The SMILES string of the molecule is N#CC1=C(N)Oc2ccc(CCN3CCCCC3)cc2C1c1ccccc1. The number of hydrogen-bond donors (Lipinski definition) is 1. The number of allylic oxidation sites excluding steroid dienone is 1. The van der Waals surface area contributed by atoms with Crippen LogP contribution < -0.4 is 10.5 Å². The van der Waals surface area contributed by atoms with Crippen molar-refractivity contribution in [1.29, 1.82) is 5.26 Å². The van der Waals surface area contributed by atoms with Crippen LogP contribution in [0.25, 0.3) is 0 Å². The molecule has 0 bridgehead atoms. The maximum atomic E-state index is 9.69. The normalized spacial score (nSPS) is 19.9. The summed E-state index contributed by atoms with van der Waals surface area (Å²) in [5, 5.41) is 9.69. The third-order valence-corrected chi connectivity index (χ3v) is 5.58. The average Bonchev–Trinajstić information content (AvgIpc) is 2.72. The molecule has 2 aromatic carbocycles. The van der Waals surface area contributed by atoms with E-state index in [0.29, 0.717) is 5.57 Å². The van der Waals surface area contributed by atoms with Gasteiger partial charge in [-0.3, -0.25) is 0 Å². The van der Waals surface area contributed by atoms with Crippen molar-refractivity contribution in [1.82, 2.24) is 4.90 Å². The Morgan fingerprint density at radius 3 is 2.59 bits per heavy atom. The van der Waals surface area contributed by atoms with Gasteiger partial charge in [0.05, 0.1) is 5.92 Å². The highest BCUT2D eigenvalue weighted by Gasteiger charge is 2.30. The number of likely N-dealkylation sites (tertiary alicyclic amines) is 1. The van der Waals surface area contributed by atoms with Crippen LogP contribution >= 0.6 is 0 Å². The van der Waals surface area contributed by atoms with Crippen LogP contribution in [0.4, 0.5) is 0 Å². The minimum absolute atomic E-state index is 0.171. The smallest absolute Gasteiger partial charge is 0.205 e. The number of ether oxygens (including phenoxy) is 1. The van der Waals surface area contributed by atoms with E-state index in [1.807, 2.05) is 36.4 Å². The Hall–Kier alpha value is -2.77. The first-order chi connectivity index (χ1) is 13.3. The zero-order valence-corrected chi connectivity index (χ0v) is 15.5. The quantitative estimate of drug-likeness (QED) is 0.898. The summed E-state index contributed by atoms with van der Waals surface area (Å²) in [6.45, 7) is 3.50. The highest BCUT2D eigenvalue weighted by molar-refractivity contribution is 5.56. The van der Waals surface area contributed by atoms with E-state index in [2.05, 4.69) is 23.1 Å². The summed E-state index contributed by atoms with van der Waals surface area (Å²) in [7, 11) is 0. The van der Waals surface area contributed by atoms with Crippen molar-refractivity contribution in [2.24, 2.45) is 5.73 Å². The maximum Gasteiger partial charge on any atom is 0.205 e. The van der Waals surface area contributed by atoms with Gasteiger partial charge in [0.1, 0.15) is 17.4 Å². The molecule has 0 aromatic heterocycles. The van der Waals surface area contributed by atoms with Crippen LogP contribution in [0.3, 0.4) is 0 Å². The lowest BCUT2D eigenvalue weighted by molar-refractivity contribution is 0.231. The maximum absolute atomic E-state index is 9.69. The molecule has 0 saturated carbocycles. The Bertz CT molecular complexity index is 876. The Labute approximate surface area is 160 Å². The largest absolute Gasteiger partial charge is 0.440 e. The molecular formula is C23H25N3O. The topological polar surface area (TPSA) is 62.3 Å². The average molecular weight is 359 g/mol. The molecule has 2 heterocycles. The number of nitriles is 1. The van der Waals surface area contributed by atoms with Crippen LogP contribution in [0.2, 0.25) is 0 Å². The molecule has 27 heavy (non-hydrogen) atoms. The number of hydrogen-bond acceptors (Lipinski definition) is 4. The van der Waals surface area contributed by atoms with Gasteiger partial charge in [-0.2, -0.15) is 5.26 Å². The first-order valence-corrected chi connectivity index (χ1v) is 9.74. The Morgan fingerprint density at radius 1 is 1.07 bits per heavy atom. The van der Waals surface area contributed by atoms with Crippen LogP contribution in [0.1, 0.15) is 41.9 Å². The molecule has 0 spiro atoms. The predicted molar refractivity (Wildman–Crippen MR) is 106 cm³/mol. The molecule has 138 valence electrons. The van der Waals surface area contributed by atoms with Gasteiger partial charge < -0.3 is 15.4 Å². The van der Waals surface area contributed by atoms with Crippen LogP contribution in [0, 0.1) is 11.3 Å². The summed E-state index contributed by atoms with van der Waals surface area (Å²) in [5.74, 6) is 0.789. The molecule has 1 saturated heterocycles. The lowest BCUT2D eigenvalue weighted by Crippen LogP contribution is -2.31. The second-order valence-electron chi connectivity index (χ2n) is 7.36. The number of nitrogens with two attached hydrogens (primary N) is 1. The van der Waals surface area contributed by atoms with E-state index in [1.54, 1.807) is 0 Å². The number of fused-ring (bicyclic) bond motifs is 1. The molecule has 0 aliphatic carbocycles. The fraction of sp³-hybridized carbons (Fsp3) is 0.348. The van der Waals surface area contributed by atoms with Gasteiger partial charge in [-0.1, -0.05) is 48.9 Å². The van der Waals surface area contributed by atoms with Gasteiger partial charge in [0, 0.05) is 12.1 Å². The van der Waals surface area contributed by atoms with Crippen LogP contribution in [-0.4, -0.2) is 24.5 Å². The van der Waals surface area contributed by atoms with Gasteiger partial charge in [-0.05, 0) is 49.5 Å². The molecule has 1 fully saturated rings. The van der Waals surface area contributed by atoms with Crippen molar-refractivity contribution >= 4 is 0 Å². The zero-order valence-electron chi connectivity index (χ0n) is 15.5. The second-order valence-corrected chi connectivity index (χ2v) is 7.36. The van der Waals surface area contributed by atoms with Crippen molar-refractivity contribution < 1.29 is 4.74 Å². The van der Waals surface area contributed by atoms with E-state index in [-0.39, 0.29) is 11.8 Å². The lowest BCUT2D eigenvalue weighted by atomic mass is 9.83. The molecule has 2 aliphatic heterocycles. The van der Waals surface area contributed by atoms with E-state index in [4.69, 9.17) is 10.5 Å².